The lowest BCUT2D eigenvalue weighted by molar-refractivity contribution is -0.132. The average molecular weight is 153 g/mol. The first-order chi connectivity index (χ1) is 5.20. The molecule has 2 aliphatic rings. The number of carbonyl (C=O) groups is 1. The Hall–Kier alpha value is -0.530. The molecule has 0 spiro atoms. The fourth-order valence-corrected chi connectivity index (χ4v) is 2.46. The summed E-state index contributed by atoms with van der Waals surface area (Å²) in [5.41, 5.74) is 0. The van der Waals surface area contributed by atoms with E-state index in [2.05, 4.69) is 11.8 Å². The molecule has 0 N–H and O–H groups in total. The number of rotatable bonds is 0. The van der Waals surface area contributed by atoms with E-state index in [0.29, 0.717) is 23.9 Å². The van der Waals surface area contributed by atoms with Crippen molar-refractivity contribution in [2.45, 2.75) is 45.2 Å². The molecule has 0 aliphatic carbocycles. The third kappa shape index (κ3) is 0.883. The van der Waals surface area contributed by atoms with E-state index < -0.39 is 0 Å². The van der Waals surface area contributed by atoms with Gasteiger partial charge in [0.05, 0.1) is 0 Å². The van der Waals surface area contributed by atoms with E-state index in [-0.39, 0.29) is 0 Å². The van der Waals surface area contributed by atoms with Crippen LogP contribution >= 0.6 is 0 Å². The lowest BCUT2D eigenvalue weighted by Crippen LogP contribution is -2.34. The van der Waals surface area contributed by atoms with Crippen molar-refractivity contribution < 1.29 is 4.79 Å². The van der Waals surface area contributed by atoms with Crippen molar-refractivity contribution in [3.8, 4) is 0 Å². The molecule has 0 aromatic heterocycles. The molecule has 2 saturated heterocycles. The predicted octanol–water partition coefficient (Wildman–Crippen LogP) is 1.41. The van der Waals surface area contributed by atoms with Crippen LogP contribution in [0.1, 0.15) is 33.1 Å². The minimum atomic E-state index is 0.294. The van der Waals surface area contributed by atoms with E-state index in [1.807, 2.05) is 6.92 Å². The molecule has 2 nitrogen and oxygen atoms in total. The van der Waals surface area contributed by atoms with Gasteiger partial charge in [0.25, 0.3) is 0 Å². The fourth-order valence-electron chi connectivity index (χ4n) is 2.46. The van der Waals surface area contributed by atoms with Crippen LogP contribution in [0.2, 0.25) is 0 Å². The number of fused-ring (bicyclic) bond motifs is 1. The third-order valence-corrected chi connectivity index (χ3v) is 3.09. The number of carbonyl (C=O) groups excluding carboxylic acids is 1. The summed E-state index contributed by atoms with van der Waals surface area (Å²) in [4.78, 5) is 13.6. The van der Waals surface area contributed by atoms with Crippen molar-refractivity contribution in [2.75, 3.05) is 0 Å². The Morgan fingerprint density at radius 2 is 2.09 bits per heavy atom. The monoisotopic (exact) mass is 153 g/mol. The summed E-state index contributed by atoms with van der Waals surface area (Å²) in [6, 6.07) is 1.10. The van der Waals surface area contributed by atoms with E-state index >= 15 is 0 Å². The number of hydrogen-bond acceptors (Lipinski definition) is 1. The van der Waals surface area contributed by atoms with Gasteiger partial charge in [-0.2, -0.15) is 0 Å². The Morgan fingerprint density at radius 1 is 1.36 bits per heavy atom. The smallest absolute Gasteiger partial charge is 0.225 e. The molecule has 2 aliphatic heterocycles. The first-order valence-corrected chi connectivity index (χ1v) is 4.52. The van der Waals surface area contributed by atoms with E-state index in [0.717, 1.165) is 6.42 Å². The normalized spacial score (nSPS) is 43.3. The fraction of sp³-hybridized carbons (Fsp3) is 0.889. The standard InChI is InChI=1S/C9H15NO/c1-6-5-8-4-3-7(2)10(8)9(6)11/h6-8H,3-5H2,1-2H3/t6-,7+,8+/m0/s1. The molecule has 0 unspecified atom stereocenters. The molecule has 2 heterocycles. The van der Waals surface area contributed by atoms with Gasteiger partial charge in [0, 0.05) is 18.0 Å². The van der Waals surface area contributed by atoms with Crippen LogP contribution in [0.15, 0.2) is 0 Å². The van der Waals surface area contributed by atoms with Crippen LogP contribution in [0.4, 0.5) is 0 Å². The van der Waals surface area contributed by atoms with Gasteiger partial charge in [0.1, 0.15) is 0 Å². The molecule has 2 fully saturated rings. The molecule has 1 amide bonds. The second-order valence-electron chi connectivity index (χ2n) is 3.96. The maximum atomic E-state index is 11.5. The molecule has 2 heteroatoms. The van der Waals surface area contributed by atoms with Gasteiger partial charge in [-0.3, -0.25) is 4.79 Å². The molecule has 0 aromatic rings. The first-order valence-electron chi connectivity index (χ1n) is 4.52. The van der Waals surface area contributed by atoms with Crippen molar-refractivity contribution in [2.24, 2.45) is 5.92 Å². The molecule has 0 bridgehead atoms. The van der Waals surface area contributed by atoms with Crippen LogP contribution in [-0.2, 0) is 4.79 Å². The van der Waals surface area contributed by atoms with Crippen molar-refractivity contribution in [3.05, 3.63) is 0 Å². The molecule has 3 atom stereocenters. The average Bonchev–Trinajstić information content (AvgIpc) is 2.41. The van der Waals surface area contributed by atoms with E-state index in [1.54, 1.807) is 0 Å². The number of hydrogen-bond donors (Lipinski definition) is 0. The van der Waals surface area contributed by atoms with E-state index in [1.165, 1.54) is 12.8 Å². The first kappa shape index (κ1) is 7.14. The molecular weight excluding hydrogens is 138 g/mol. The third-order valence-electron chi connectivity index (χ3n) is 3.09. The van der Waals surface area contributed by atoms with Gasteiger partial charge >= 0.3 is 0 Å². The van der Waals surface area contributed by atoms with Gasteiger partial charge in [-0.15, -0.1) is 0 Å². The largest absolute Gasteiger partial charge is 0.337 e. The molecule has 0 radical (unpaired) electrons. The molecule has 62 valence electrons. The van der Waals surface area contributed by atoms with Crippen molar-refractivity contribution >= 4 is 5.91 Å². The maximum Gasteiger partial charge on any atom is 0.225 e. The zero-order valence-electron chi connectivity index (χ0n) is 7.21. The van der Waals surface area contributed by atoms with Crippen LogP contribution in [0.3, 0.4) is 0 Å². The second-order valence-corrected chi connectivity index (χ2v) is 3.96. The Kier molecular flexibility index (Phi) is 1.44. The minimum Gasteiger partial charge on any atom is -0.337 e. The van der Waals surface area contributed by atoms with Crippen LogP contribution in [0.5, 0.6) is 0 Å². The van der Waals surface area contributed by atoms with Crippen LogP contribution in [0, 0.1) is 5.92 Å². The zero-order chi connectivity index (χ0) is 8.01. The van der Waals surface area contributed by atoms with Gasteiger partial charge in [0.2, 0.25) is 5.91 Å². The maximum absolute atomic E-state index is 11.5. The molecule has 2 rings (SSSR count). The summed E-state index contributed by atoms with van der Waals surface area (Å²) >= 11 is 0. The Labute approximate surface area is 67.6 Å². The molecule has 0 aromatic carbocycles. The highest BCUT2D eigenvalue weighted by Gasteiger charge is 2.42. The SMILES string of the molecule is C[C@@H]1CC[C@@H]2C[C@H](C)C(=O)N21. The number of nitrogens with zero attached hydrogens (tertiary/aromatic N) is 1. The zero-order valence-corrected chi connectivity index (χ0v) is 7.21. The highest BCUT2D eigenvalue weighted by atomic mass is 16.2. The van der Waals surface area contributed by atoms with Crippen LogP contribution < -0.4 is 0 Å². The summed E-state index contributed by atoms with van der Waals surface area (Å²) in [6.45, 7) is 4.21. The van der Waals surface area contributed by atoms with Crippen LogP contribution in [0.25, 0.3) is 0 Å². The topological polar surface area (TPSA) is 20.3 Å². The lowest BCUT2D eigenvalue weighted by Gasteiger charge is -2.20. The van der Waals surface area contributed by atoms with Gasteiger partial charge < -0.3 is 4.90 Å². The van der Waals surface area contributed by atoms with Gasteiger partial charge in [-0.1, -0.05) is 6.92 Å². The predicted molar refractivity (Wildman–Crippen MR) is 43.1 cm³/mol. The Balaban J connectivity index is 2.20. The summed E-state index contributed by atoms with van der Waals surface area (Å²) in [5, 5.41) is 0. The highest BCUT2D eigenvalue weighted by molar-refractivity contribution is 5.81. The summed E-state index contributed by atoms with van der Waals surface area (Å²) in [7, 11) is 0. The summed E-state index contributed by atoms with van der Waals surface area (Å²) in [5.74, 6) is 0.683. The summed E-state index contributed by atoms with van der Waals surface area (Å²) < 4.78 is 0. The second kappa shape index (κ2) is 2.23. The van der Waals surface area contributed by atoms with Crippen LogP contribution in [-0.4, -0.2) is 22.9 Å². The van der Waals surface area contributed by atoms with E-state index in [9.17, 15) is 4.79 Å². The molecule has 0 saturated carbocycles. The van der Waals surface area contributed by atoms with Gasteiger partial charge in [-0.25, -0.2) is 0 Å². The van der Waals surface area contributed by atoms with Gasteiger partial charge in [0.15, 0.2) is 0 Å². The van der Waals surface area contributed by atoms with Gasteiger partial charge in [-0.05, 0) is 26.2 Å². The summed E-state index contributed by atoms with van der Waals surface area (Å²) in [6.07, 6.45) is 3.55. The highest BCUT2D eigenvalue weighted by Crippen LogP contribution is 2.35. The van der Waals surface area contributed by atoms with Crippen molar-refractivity contribution in [1.29, 1.82) is 0 Å². The van der Waals surface area contributed by atoms with E-state index in [4.69, 9.17) is 0 Å². The number of amides is 1. The van der Waals surface area contributed by atoms with Crippen molar-refractivity contribution in [1.82, 2.24) is 4.90 Å². The quantitative estimate of drug-likeness (QED) is 0.515. The Morgan fingerprint density at radius 3 is 2.73 bits per heavy atom. The molecular formula is C9H15NO. The Bertz CT molecular complexity index is 190. The minimum absolute atomic E-state index is 0.294. The van der Waals surface area contributed by atoms with Crippen molar-refractivity contribution in [3.63, 3.8) is 0 Å². The lowest BCUT2D eigenvalue weighted by atomic mass is 10.0. The molecule has 11 heavy (non-hydrogen) atoms.